The highest BCUT2D eigenvalue weighted by atomic mass is 35.5. The highest BCUT2D eigenvalue weighted by Gasteiger charge is 2.16. The van der Waals surface area contributed by atoms with Gasteiger partial charge in [0.2, 0.25) is 5.91 Å². The highest BCUT2D eigenvalue weighted by Crippen LogP contribution is 2.16. The van der Waals surface area contributed by atoms with Crippen LogP contribution >= 0.6 is 11.6 Å². The largest absolute Gasteiger partial charge is 0.476 e. The second-order valence-corrected chi connectivity index (χ2v) is 4.91. The molecule has 1 aliphatic heterocycles. The van der Waals surface area contributed by atoms with E-state index in [1.807, 2.05) is 0 Å². The number of carbonyl (C=O) groups is 2. The number of aromatic nitrogens is 1. The molecule has 114 valence electrons. The molecule has 7 nitrogen and oxygen atoms in total. The van der Waals surface area contributed by atoms with Crippen LogP contribution in [-0.4, -0.2) is 59.7 Å². The minimum Gasteiger partial charge on any atom is -0.476 e. The molecule has 1 aromatic rings. The molecule has 0 aromatic carbocycles. The number of morpholine rings is 1. The van der Waals surface area contributed by atoms with Crippen molar-refractivity contribution in [2.45, 2.75) is 6.42 Å². The third-order valence-corrected chi connectivity index (χ3v) is 3.36. The van der Waals surface area contributed by atoms with Crippen molar-refractivity contribution in [2.24, 2.45) is 0 Å². The predicted octanol–water partition coefficient (Wildman–Crippen LogP) is 1.09. The lowest BCUT2D eigenvalue weighted by Crippen LogP contribution is -2.41. The maximum Gasteiger partial charge on any atom is 0.356 e. The number of ether oxygens (including phenoxy) is 1. The average molecular weight is 314 g/mol. The molecule has 0 saturated carbocycles. The molecule has 0 bridgehead atoms. The summed E-state index contributed by atoms with van der Waals surface area (Å²) >= 11 is 5.73. The fourth-order valence-corrected chi connectivity index (χ4v) is 2.15. The van der Waals surface area contributed by atoms with Crippen molar-refractivity contribution >= 4 is 29.3 Å². The molecule has 21 heavy (non-hydrogen) atoms. The lowest BCUT2D eigenvalue weighted by atomic mass is 10.3. The van der Waals surface area contributed by atoms with Crippen LogP contribution in [0, 0.1) is 0 Å². The van der Waals surface area contributed by atoms with Gasteiger partial charge in [-0.05, 0) is 12.1 Å². The molecule has 0 atom stereocenters. The van der Waals surface area contributed by atoms with Gasteiger partial charge in [-0.15, -0.1) is 0 Å². The summed E-state index contributed by atoms with van der Waals surface area (Å²) in [5, 5.41) is 11.9. The van der Waals surface area contributed by atoms with Crippen molar-refractivity contribution in [3.8, 4) is 0 Å². The summed E-state index contributed by atoms with van der Waals surface area (Å²) in [7, 11) is 0. The number of amides is 1. The molecular formula is C13H16ClN3O4. The zero-order valence-corrected chi connectivity index (χ0v) is 12.1. The van der Waals surface area contributed by atoms with Crippen molar-refractivity contribution in [1.29, 1.82) is 0 Å². The van der Waals surface area contributed by atoms with Crippen LogP contribution in [-0.2, 0) is 9.53 Å². The van der Waals surface area contributed by atoms with Gasteiger partial charge in [0.25, 0.3) is 0 Å². The van der Waals surface area contributed by atoms with E-state index in [0.29, 0.717) is 45.1 Å². The Bertz CT molecular complexity index is 532. The van der Waals surface area contributed by atoms with E-state index in [0.717, 1.165) is 0 Å². The molecule has 1 amide bonds. The predicted molar refractivity (Wildman–Crippen MR) is 76.7 cm³/mol. The SMILES string of the molecule is O=C(O)c1nc(NCCC(=O)N2CCOCC2)ccc1Cl. The standard InChI is InChI=1S/C13H16ClN3O4/c14-9-1-2-10(16-12(9)13(19)20)15-4-3-11(18)17-5-7-21-8-6-17/h1-2H,3-8H2,(H,15,16)(H,19,20). The number of hydrogen-bond acceptors (Lipinski definition) is 5. The Labute approximate surface area is 126 Å². The van der Waals surface area contributed by atoms with Crippen molar-refractivity contribution < 1.29 is 19.4 Å². The number of halogens is 1. The molecule has 1 aliphatic rings. The van der Waals surface area contributed by atoms with E-state index < -0.39 is 5.97 Å². The van der Waals surface area contributed by atoms with Crippen LogP contribution in [0.1, 0.15) is 16.9 Å². The second kappa shape index (κ2) is 7.24. The van der Waals surface area contributed by atoms with E-state index in [1.165, 1.54) is 6.07 Å². The van der Waals surface area contributed by atoms with E-state index in [-0.39, 0.29) is 16.6 Å². The molecule has 0 unspecified atom stereocenters. The number of nitrogens with zero attached hydrogens (tertiary/aromatic N) is 2. The maximum atomic E-state index is 11.9. The van der Waals surface area contributed by atoms with E-state index in [4.69, 9.17) is 21.4 Å². The molecule has 2 heterocycles. The first kappa shape index (κ1) is 15.5. The van der Waals surface area contributed by atoms with E-state index in [1.54, 1.807) is 11.0 Å². The third-order valence-electron chi connectivity index (χ3n) is 3.06. The van der Waals surface area contributed by atoms with Gasteiger partial charge in [0, 0.05) is 26.1 Å². The smallest absolute Gasteiger partial charge is 0.356 e. The van der Waals surface area contributed by atoms with Gasteiger partial charge in [-0.3, -0.25) is 4.79 Å². The number of hydrogen-bond donors (Lipinski definition) is 2. The molecule has 1 fully saturated rings. The number of nitrogens with one attached hydrogen (secondary N) is 1. The number of carboxylic acid groups (broad SMARTS) is 1. The van der Waals surface area contributed by atoms with Crippen LogP contribution in [0.2, 0.25) is 5.02 Å². The Hall–Kier alpha value is -1.86. The van der Waals surface area contributed by atoms with Crippen molar-refractivity contribution in [3.63, 3.8) is 0 Å². The minimum atomic E-state index is -1.19. The van der Waals surface area contributed by atoms with Crippen LogP contribution < -0.4 is 5.32 Å². The van der Waals surface area contributed by atoms with Crippen LogP contribution in [0.3, 0.4) is 0 Å². The van der Waals surface area contributed by atoms with Gasteiger partial charge in [0.1, 0.15) is 5.82 Å². The highest BCUT2D eigenvalue weighted by molar-refractivity contribution is 6.33. The van der Waals surface area contributed by atoms with Gasteiger partial charge < -0.3 is 20.1 Å². The number of aromatic carboxylic acids is 1. The van der Waals surface area contributed by atoms with Crippen molar-refractivity contribution in [3.05, 3.63) is 22.8 Å². The molecule has 1 aromatic heterocycles. The minimum absolute atomic E-state index is 0.0400. The summed E-state index contributed by atoms with van der Waals surface area (Å²) in [6, 6.07) is 3.04. The van der Waals surface area contributed by atoms with Crippen LogP contribution in [0.15, 0.2) is 12.1 Å². The monoisotopic (exact) mass is 313 g/mol. The molecule has 0 aliphatic carbocycles. The summed E-state index contributed by atoms with van der Waals surface area (Å²) in [5.41, 5.74) is -0.207. The van der Waals surface area contributed by atoms with E-state index >= 15 is 0 Å². The van der Waals surface area contributed by atoms with E-state index in [2.05, 4.69) is 10.3 Å². The molecule has 0 radical (unpaired) electrons. The zero-order valence-electron chi connectivity index (χ0n) is 11.3. The first-order chi connectivity index (χ1) is 10.1. The number of rotatable bonds is 5. The van der Waals surface area contributed by atoms with Crippen LogP contribution in [0.4, 0.5) is 5.82 Å². The maximum absolute atomic E-state index is 11.9. The second-order valence-electron chi connectivity index (χ2n) is 4.50. The van der Waals surface area contributed by atoms with Gasteiger partial charge in [-0.2, -0.15) is 0 Å². The van der Waals surface area contributed by atoms with Crippen molar-refractivity contribution in [2.75, 3.05) is 38.2 Å². The first-order valence-electron chi connectivity index (χ1n) is 6.57. The topological polar surface area (TPSA) is 91.8 Å². The first-order valence-corrected chi connectivity index (χ1v) is 6.95. The fraction of sp³-hybridized carbons (Fsp3) is 0.462. The molecule has 1 saturated heterocycles. The number of pyridine rings is 1. The van der Waals surface area contributed by atoms with Gasteiger partial charge in [0.15, 0.2) is 5.69 Å². The lowest BCUT2D eigenvalue weighted by Gasteiger charge is -2.26. The Balaban J connectivity index is 1.84. The normalized spacial score (nSPS) is 14.8. The Morgan fingerprint density at radius 3 is 2.76 bits per heavy atom. The number of carbonyl (C=O) groups excluding carboxylic acids is 1. The molecule has 2 N–H and O–H groups in total. The van der Waals surface area contributed by atoms with Gasteiger partial charge in [-0.1, -0.05) is 11.6 Å². The molecular weight excluding hydrogens is 298 g/mol. The molecule has 2 rings (SSSR count). The van der Waals surface area contributed by atoms with Gasteiger partial charge in [0.05, 0.1) is 18.2 Å². The number of anilines is 1. The van der Waals surface area contributed by atoms with Gasteiger partial charge in [-0.25, -0.2) is 9.78 Å². The molecule has 8 heteroatoms. The Morgan fingerprint density at radius 2 is 2.10 bits per heavy atom. The zero-order chi connectivity index (χ0) is 15.2. The lowest BCUT2D eigenvalue weighted by molar-refractivity contribution is -0.134. The summed E-state index contributed by atoms with van der Waals surface area (Å²) in [6.45, 7) is 2.74. The fourth-order valence-electron chi connectivity index (χ4n) is 1.96. The Kier molecular flexibility index (Phi) is 5.35. The summed E-state index contributed by atoms with van der Waals surface area (Å²) < 4.78 is 5.18. The summed E-state index contributed by atoms with van der Waals surface area (Å²) in [5.74, 6) is -0.766. The number of carboxylic acids is 1. The quantitative estimate of drug-likeness (QED) is 0.845. The summed E-state index contributed by atoms with van der Waals surface area (Å²) in [4.78, 5) is 28.5. The Morgan fingerprint density at radius 1 is 1.38 bits per heavy atom. The van der Waals surface area contributed by atoms with Crippen LogP contribution in [0.5, 0.6) is 0 Å². The van der Waals surface area contributed by atoms with Gasteiger partial charge >= 0.3 is 5.97 Å². The van der Waals surface area contributed by atoms with E-state index in [9.17, 15) is 9.59 Å². The summed E-state index contributed by atoms with van der Waals surface area (Å²) in [6.07, 6.45) is 0.312. The molecule has 0 spiro atoms. The van der Waals surface area contributed by atoms with Crippen LogP contribution in [0.25, 0.3) is 0 Å². The average Bonchev–Trinajstić information content (AvgIpc) is 2.49. The van der Waals surface area contributed by atoms with Crippen molar-refractivity contribution in [1.82, 2.24) is 9.88 Å². The third kappa shape index (κ3) is 4.30.